The van der Waals surface area contributed by atoms with Crippen LogP contribution in [-0.4, -0.2) is 66.0 Å². The highest BCUT2D eigenvalue weighted by Gasteiger charge is 2.45. The topological polar surface area (TPSA) is 90.0 Å². The van der Waals surface area contributed by atoms with Crippen molar-refractivity contribution in [3.63, 3.8) is 0 Å². The van der Waals surface area contributed by atoms with Gasteiger partial charge in [-0.05, 0) is 19.8 Å². The van der Waals surface area contributed by atoms with E-state index in [9.17, 15) is 19.5 Å². The molecule has 0 aromatic rings. The number of nitrogens with zero attached hydrogens (tertiary/aromatic N) is 2. The lowest BCUT2D eigenvalue weighted by Crippen LogP contribution is -2.49. The van der Waals surface area contributed by atoms with Crippen molar-refractivity contribution in [2.75, 3.05) is 27.2 Å². The van der Waals surface area contributed by atoms with Crippen LogP contribution in [-0.2, 0) is 9.59 Å². The van der Waals surface area contributed by atoms with E-state index in [1.54, 1.807) is 21.0 Å². The number of urea groups is 1. The molecule has 7 heteroatoms. The predicted octanol–water partition coefficient (Wildman–Crippen LogP) is 0.359. The van der Waals surface area contributed by atoms with Crippen LogP contribution in [0, 0.1) is 5.41 Å². The normalized spacial score (nSPS) is 23.3. The van der Waals surface area contributed by atoms with Gasteiger partial charge in [0.25, 0.3) is 0 Å². The first-order chi connectivity index (χ1) is 9.23. The Balaban J connectivity index is 2.63. The molecule has 2 unspecified atom stereocenters. The number of rotatable bonds is 4. The molecule has 0 aromatic heterocycles. The lowest BCUT2D eigenvalue weighted by atomic mass is 9.84. The number of aliphatic carboxylic acids is 1. The minimum Gasteiger partial charge on any atom is -0.481 e. The van der Waals surface area contributed by atoms with Gasteiger partial charge in [-0.25, -0.2) is 4.79 Å². The molecule has 0 aromatic carbocycles. The highest BCUT2D eigenvalue weighted by molar-refractivity contribution is 5.87. The summed E-state index contributed by atoms with van der Waals surface area (Å²) in [7, 11) is 3.24. The van der Waals surface area contributed by atoms with Crippen molar-refractivity contribution in [3.05, 3.63) is 0 Å². The van der Waals surface area contributed by atoms with Gasteiger partial charge >= 0.3 is 12.0 Å². The van der Waals surface area contributed by atoms with Gasteiger partial charge in [0, 0.05) is 27.2 Å². The molecule has 20 heavy (non-hydrogen) atoms. The van der Waals surface area contributed by atoms with E-state index in [2.05, 4.69) is 5.32 Å². The number of likely N-dealkylation sites (tertiary alicyclic amines) is 1. The number of hydrogen-bond acceptors (Lipinski definition) is 3. The van der Waals surface area contributed by atoms with E-state index in [1.165, 1.54) is 9.80 Å². The number of carbonyl (C=O) groups is 3. The van der Waals surface area contributed by atoms with E-state index in [4.69, 9.17) is 0 Å². The molecule has 2 atom stereocenters. The first-order valence-electron chi connectivity index (χ1n) is 6.73. The third-order valence-corrected chi connectivity index (χ3v) is 3.92. The van der Waals surface area contributed by atoms with Gasteiger partial charge in [0.1, 0.15) is 6.04 Å². The quantitative estimate of drug-likeness (QED) is 0.780. The molecule has 0 spiro atoms. The highest BCUT2D eigenvalue weighted by atomic mass is 16.4. The Hall–Kier alpha value is -1.79. The second-order valence-electron chi connectivity index (χ2n) is 5.51. The summed E-state index contributed by atoms with van der Waals surface area (Å²) in [6, 6.07) is -1.01. The number of amides is 3. The maximum atomic E-state index is 12.1. The molecule has 0 bridgehead atoms. The molecule has 7 nitrogen and oxygen atoms in total. The van der Waals surface area contributed by atoms with Crippen LogP contribution in [0.15, 0.2) is 0 Å². The zero-order valence-corrected chi connectivity index (χ0v) is 12.5. The molecule has 3 amide bonds. The first-order valence-corrected chi connectivity index (χ1v) is 6.73. The Bertz CT molecular complexity index is 410. The largest absolute Gasteiger partial charge is 0.481 e. The zero-order valence-electron chi connectivity index (χ0n) is 12.5. The standard InChI is InChI=1S/C13H23N3O4/c1-5-13(11(18)19)6-7-16(8-13)12(20)14-9(2)10(17)15(3)4/h9H,5-8H2,1-4H3,(H,14,20)(H,18,19). The number of carboxylic acids is 1. The van der Waals surface area contributed by atoms with Crippen molar-refractivity contribution in [3.8, 4) is 0 Å². The molecule has 1 heterocycles. The Kier molecular flexibility index (Phi) is 4.97. The maximum absolute atomic E-state index is 12.1. The van der Waals surface area contributed by atoms with Crippen LogP contribution in [0.3, 0.4) is 0 Å². The Labute approximate surface area is 118 Å². The molecule has 1 saturated heterocycles. The SMILES string of the molecule is CCC1(C(=O)O)CCN(C(=O)NC(C)C(=O)N(C)C)C1. The van der Waals surface area contributed by atoms with Crippen molar-refractivity contribution in [2.45, 2.75) is 32.7 Å². The van der Waals surface area contributed by atoms with Crippen LogP contribution in [0.25, 0.3) is 0 Å². The van der Waals surface area contributed by atoms with Crippen LogP contribution in [0.1, 0.15) is 26.7 Å². The second-order valence-corrected chi connectivity index (χ2v) is 5.51. The number of likely N-dealkylation sites (N-methyl/N-ethyl adjacent to an activating group) is 1. The predicted molar refractivity (Wildman–Crippen MR) is 73.2 cm³/mol. The molecule has 1 fully saturated rings. The smallest absolute Gasteiger partial charge is 0.318 e. The fraction of sp³-hybridized carbons (Fsp3) is 0.769. The van der Waals surface area contributed by atoms with Gasteiger partial charge in [-0.15, -0.1) is 0 Å². The third-order valence-electron chi connectivity index (χ3n) is 3.92. The molecule has 114 valence electrons. The summed E-state index contributed by atoms with van der Waals surface area (Å²) >= 11 is 0. The first kappa shape index (κ1) is 16.3. The lowest BCUT2D eigenvalue weighted by Gasteiger charge is -2.25. The van der Waals surface area contributed by atoms with Crippen LogP contribution in [0.4, 0.5) is 4.79 Å². The van der Waals surface area contributed by atoms with E-state index in [0.29, 0.717) is 19.4 Å². The molecular formula is C13H23N3O4. The summed E-state index contributed by atoms with van der Waals surface area (Å²) in [6.45, 7) is 4.01. The average Bonchev–Trinajstić information content (AvgIpc) is 2.83. The monoisotopic (exact) mass is 285 g/mol. The molecule has 0 saturated carbocycles. The molecule has 2 N–H and O–H groups in total. The van der Waals surface area contributed by atoms with Crippen molar-refractivity contribution in [1.82, 2.24) is 15.1 Å². The number of nitrogens with one attached hydrogen (secondary N) is 1. The Morgan fingerprint density at radius 3 is 2.40 bits per heavy atom. The van der Waals surface area contributed by atoms with Gasteiger partial charge in [-0.2, -0.15) is 0 Å². The number of carboxylic acid groups (broad SMARTS) is 1. The third kappa shape index (κ3) is 3.20. The van der Waals surface area contributed by atoms with Crippen LogP contribution < -0.4 is 5.32 Å². The zero-order chi connectivity index (χ0) is 15.5. The van der Waals surface area contributed by atoms with E-state index in [-0.39, 0.29) is 18.5 Å². The summed E-state index contributed by atoms with van der Waals surface area (Å²) in [5, 5.41) is 11.9. The van der Waals surface area contributed by atoms with Gasteiger partial charge in [-0.3, -0.25) is 9.59 Å². The summed E-state index contributed by atoms with van der Waals surface area (Å²) in [4.78, 5) is 37.9. The molecule has 0 aliphatic carbocycles. The maximum Gasteiger partial charge on any atom is 0.318 e. The molecular weight excluding hydrogens is 262 g/mol. The fourth-order valence-electron chi connectivity index (χ4n) is 2.39. The molecule has 1 rings (SSSR count). The average molecular weight is 285 g/mol. The van der Waals surface area contributed by atoms with E-state index in [1.807, 2.05) is 6.92 Å². The summed E-state index contributed by atoms with van der Waals surface area (Å²) in [5.74, 6) is -1.06. The van der Waals surface area contributed by atoms with Crippen LogP contribution >= 0.6 is 0 Å². The summed E-state index contributed by atoms with van der Waals surface area (Å²) in [6.07, 6.45) is 0.931. The second kappa shape index (κ2) is 6.11. The van der Waals surface area contributed by atoms with Crippen LogP contribution in [0.2, 0.25) is 0 Å². The summed E-state index contributed by atoms with van der Waals surface area (Å²) in [5.41, 5.74) is -0.855. The van der Waals surface area contributed by atoms with Crippen molar-refractivity contribution >= 4 is 17.9 Å². The molecule has 1 aliphatic heterocycles. The van der Waals surface area contributed by atoms with Crippen LogP contribution in [0.5, 0.6) is 0 Å². The van der Waals surface area contributed by atoms with Gasteiger partial charge in [-0.1, -0.05) is 6.92 Å². The molecule has 0 radical (unpaired) electrons. The van der Waals surface area contributed by atoms with Crippen molar-refractivity contribution < 1.29 is 19.5 Å². The van der Waals surface area contributed by atoms with E-state index >= 15 is 0 Å². The van der Waals surface area contributed by atoms with Crippen molar-refractivity contribution in [2.24, 2.45) is 5.41 Å². The van der Waals surface area contributed by atoms with E-state index in [0.717, 1.165) is 0 Å². The number of hydrogen-bond donors (Lipinski definition) is 2. The summed E-state index contributed by atoms with van der Waals surface area (Å²) < 4.78 is 0. The minimum absolute atomic E-state index is 0.188. The van der Waals surface area contributed by atoms with Gasteiger partial charge < -0.3 is 20.2 Å². The Morgan fingerprint density at radius 1 is 1.40 bits per heavy atom. The van der Waals surface area contributed by atoms with Crippen molar-refractivity contribution in [1.29, 1.82) is 0 Å². The van der Waals surface area contributed by atoms with Gasteiger partial charge in [0.15, 0.2) is 0 Å². The molecule has 1 aliphatic rings. The minimum atomic E-state index is -0.868. The number of carbonyl (C=O) groups excluding carboxylic acids is 2. The van der Waals surface area contributed by atoms with E-state index < -0.39 is 17.4 Å². The lowest BCUT2D eigenvalue weighted by molar-refractivity contribution is -0.148. The highest BCUT2D eigenvalue weighted by Crippen LogP contribution is 2.34. The van der Waals surface area contributed by atoms with Gasteiger partial charge in [0.05, 0.1) is 5.41 Å². The fourth-order valence-corrected chi connectivity index (χ4v) is 2.39. The van der Waals surface area contributed by atoms with Gasteiger partial charge in [0.2, 0.25) is 5.91 Å². The Morgan fingerprint density at radius 2 is 2.00 bits per heavy atom.